The number of ether oxygens (including phenoxy) is 1. The van der Waals surface area contributed by atoms with E-state index in [4.69, 9.17) is 4.74 Å². The third-order valence-electron chi connectivity index (χ3n) is 4.88. The number of anilines is 1. The van der Waals surface area contributed by atoms with Gasteiger partial charge >= 0.3 is 6.03 Å². The Morgan fingerprint density at radius 3 is 2.62 bits per heavy atom. The highest BCUT2D eigenvalue weighted by Gasteiger charge is 2.33. The van der Waals surface area contributed by atoms with Crippen LogP contribution in [0.2, 0.25) is 0 Å². The van der Waals surface area contributed by atoms with Gasteiger partial charge in [-0.3, -0.25) is 4.98 Å². The van der Waals surface area contributed by atoms with E-state index in [1.165, 1.54) is 12.8 Å². The summed E-state index contributed by atoms with van der Waals surface area (Å²) < 4.78 is 5.87. The van der Waals surface area contributed by atoms with Gasteiger partial charge in [-0.25, -0.2) is 9.78 Å². The lowest BCUT2D eigenvalue weighted by Crippen LogP contribution is -2.36. The zero-order valence-corrected chi connectivity index (χ0v) is 14.8. The predicted molar refractivity (Wildman–Crippen MR) is 98.9 cm³/mol. The van der Waals surface area contributed by atoms with E-state index in [0.29, 0.717) is 24.2 Å². The van der Waals surface area contributed by atoms with Crippen LogP contribution >= 0.6 is 0 Å². The summed E-state index contributed by atoms with van der Waals surface area (Å²) in [6.45, 7) is 0.521. The molecular formula is C20H24N4O2. The summed E-state index contributed by atoms with van der Waals surface area (Å²) in [7, 11) is 0. The minimum atomic E-state index is -0.107. The van der Waals surface area contributed by atoms with E-state index in [2.05, 4.69) is 15.3 Å². The van der Waals surface area contributed by atoms with Gasteiger partial charge in [0, 0.05) is 18.3 Å². The van der Waals surface area contributed by atoms with Crippen LogP contribution in [-0.4, -0.2) is 33.0 Å². The van der Waals surface area contributed by atoms with Crippen molar-refractivity contribution in [2.75, 3.05) is 5.32 Å². The van der Waals surface area contributed by atoms with Gasteiger partial charge < -0.3 is 15.0 Å². The van der Waals surface area contributed by atoms with Crippen molar-refractivity contribution in [2.45, 2.75) is 57.2 Å². The smallest absolute Gasteiger partial charge is 0.322 e. The molecule has 2 saturated carbocycles. The maximum atomic E-state index is 12.7. The van der Waals surface area contributed by atoms with Crippen LogP contribution in [0.1, 0.15) is 44.2 Å². The molecule has 0 unspecified atom stereocenters. The number of hydrogen-bond donors (Lipinski definition) is 1. The third-order valence-corrected chi connectivity index (χ3v) is 4.88. The van der Waals surface area contributed by atoms with Crippen molar-refractivity contribution >= 4 is 11.7 Å². The highest BCUT2D eigenvalue weighted by atomic mass is 16.5. The summed E-state index contributed by atoms with van der Waals surface area (Å²) >= 11 is 0. The number of carbonyl (C=O) groups excluding carboxylic acids is 1. The molecule has 2 aliphatic carbocycles. The largest absolute Gasteiger partial charge is 0.474 e. The molecule has 6 heteroatoms. The standard InChI is InChI=1S/C20H24N4O2/c25-20(24(17-9-10-17)14-16-5-3-4-12-21-16)23-15-8-11-19(22-13-15)26-18-6-1-2-7-18/h3-5,8,11-13,17-18H,1-2,6-7,9-10,14H2,(H,23,25). The van der Waals surface area contributed by atoms with Crippen molar-refractivity contribution in [3.63, 3.8) is 0 Å². The highest BCUT2D eigenvalue weighted by Crippen LogP contribution is 2.29. The summed E-state index contributed by atoms with van der Waals surface area (Å²) in [5.74, 6) is 0.627. The number of nitrogens with zero attached hydrogens (tertiary/aromatic N) is 3. The minimum Gasteiger partial charge on any atom is -0.474 e. The molecule has 0 atom stereocenters. The van der Waals surface area contributed by atoms with Crippen LogP contribution in [0.25, 0.3) is 0 Å². The molecule has 2 amide bonds. The number of pyridine rings is 2. The average molecular weight is 352 g/mol. The number of carbonyl (C=O) groups is 1. The van der Waals surface area contributed by atoms with Gasteiger partial charge in [0.25, 0.3) is 0 Å². The summed E-state index contributed by atoms with van der Waals surface area (Å²) in [4.78, 5) is 23.2. The van der Waals surface area contributed by atoms with Crippen LogP contribution in [0.15, 0.2) is 42.7 Å². The Kier molecular flexibility index (Phi) is 5.00. The second-order valence-electron chi connectivity index (χ2n) is 7.02. The second kappa shape index (κ2) is 7.72. The number of aromatic nitrogens is 2. The molecule has 2 aromatic heterocycles. The Labute approximate surface area is 153 Å². The van der Waals surface area contributed by atoms with E-state index in [1.54, 1.807) is 12.4 Å². The van der Waals surface area contributed by atoms with Gasteiger partial charge in [-0.2, -0.15) is 0 Å². The van der Waals surface area contributed by atoms with Crippen molar-refractivity contribution in [1.29, 1.82) is 0 Å². The van der Waals surface area contributed by atoms with Crippen LogP contribution in [0, 0.1) is 0 Å². The van der Waals surface area contributed by atoms with Gasteiger partial charge in [0.2, 0.25) is 5.88 Å². The quantitative estimate of drug-likeness (QED) is 0.853. The molecule has 0 bridgehead atoms. The Bertz CT molecular complexity index is 725. The molecule has 2 aromatic rings. The number of nitrogens with one attached hydrogen (secondary N) is 1. The lowest BCUT2D eigenvalue weighted by atomic mass is 10.3. The van der Waals surface area contributed by atoms with Crippen LogP contribution in [0.3, 0.4) is 0 Å². The van der Waals surface area contributed by atoms with E-state index >= 15 is 0 Å². The molecule has 0 spiro atoms. The van der Waals surface area contributed by atoms with Crippen LogP contribution < -0.4 is 10.1 Å². The molecule has 0 radical (unpaired) electrons. The molecule has 0 saturated heterocycles. The van der Waals surface area contributed by atoms with Gasteiger partial charge in [-0.15, -0.1) is 0 Å². The fourth-order valence-corrected chi connectivity index (χ4v) is 3.32. The Morgan fingerprint density at radius 1 is 1.12 bits per heavy atom. The molecule has 6 nitrogen and oxygen atoms in total. The van der Waals surface area contributed by atoms with Crippen molar-refractivity contribution in [1.82, 2.24) is 14.9 Å². The zero-order chi connectivity index (χ0) is 17.8. The van der Waals surface area contributed by atoms with Gasteiger partial charge in [0.15, 0.2) is 0 Å². The first kappa shape index (κ1) is 16.8. The normalized spacial score (nSPS) is 17.1. The van der Waals surface area contributed by atoms with E-state index in [-0.39, 0.29) is 12.1 Å². The van der Waals surface area contributed by atoms with Gasteiger partial charge in [0.1, 0.15) is 6.10 Å². The molecule has 4 rings (SSSR count). The number of hydrogen-bond acceptors (Lipinski definition) is 4. The highest BCUT2D eigenvalue weighted by molar-refractivity contribution is 5.89. The molecule has 2 fully saturated rings. The molecular weight excluding hydrogens is 328 g/mol. The van der Waals surface area contributed by atoms with Gasteiger partial charge in [-0.05, 0) is 56.7 Å². The zero-order valence-electron chi connectivity index (χ0n) is 14.8. The first-order valence-electron chi connectivity index (χ1n) is 9.38. The van der Waals surface area contributed by atoms with Gasteiger partial charge in [-0.1, -0.05) is 6.07 Å². The molecule has 136 valence electrons. The maximum Gasteiger partial charge on any atom is 0.322 e. The Morgan fingerprint density at radius 2 is 1.96 bits per heavy atom. The van der Waals surface area contributed by atoms with Gasteiger partial charge in [0.05, 0.1) is 24.1 Å². The molecule has 26 heavy (non-hydrogen) atoms. The fourth-order valence-electron chi connectivity index (χ4n) is 3.32. The first-order valence-corrected chi connectivity index (χ1v) is 9.38. The average Bonchev–Trinajstić information content (AvgIpc) is 3.38. The van der Waals surface area contributed by atoms with Crippen LogP contribution in [0.4, 0.5) is 10.5 Å². The van der Waals surface area contributed by atoms with Crippen molar-refractivity contribution < 1.29 is 9.53 Å². The summed E-state index contributed by atoms with van der Waals surface area (Å²) in [5, 5.41) is 2.95. The summed E-state index contributed by atoms with van der Waals surface area (Å²) in [6.07, 6.45) is 10.5. The first-order chi connectivity index (χ1) is 12.8. The monoisotopic (exact) mass is 352 g/mol. The fraction of sp³-hybridized carbons (Fsp3) is 0.450. The SMILES string of the molecule is O=C(Nc1ccc(OC2CCCC2)nc1)N(Cc1ccccn1)C1CC1. The topological polar surface area (TPSA) is 67.3 Å². The number of rotatable bonds is 6. The summed E-state index contributed by atoms with van der Waals surface area (Å²) in [5.41, 5.74) is 1.58. The van der Waals surface area contributed by atoms with E-state index in [0.717, 1.165) is 31.4 Å². The van der Waals surface area contributed by atoms with Crippen molar-refractivity contribution in [3.05, 3.63) is 48.4 Å². The second-order valence-corrected chi connectivity index (χ2v) is 7.02. The lowest BCUT2D eigenvalue weighted by molar-refractivity contribution is 0.201. The van der Waals surface area contributed by atoms with E-state index < -0.39 is 0 Å². The number of amides is 2. The number of urea groups is 1. The van der Waals surface area contributed by atoms with Crippen molar-refractivity contribution in [2.24, 2.45) is 0 Å². The van der Waals surface area contributed by atoms with Crippen molar-refractivity contribution in [3.8, 4) is 5.88 Å². The maximum absolute atomic E-state index is 12.7. The lowest BCUT2D eigenvalue weighted by Gasteiger charge is -2.22. The molecule has 2 aliphatic rings. The minimum absolute atomic E-state index is 0.107. The summed E-state index contributed by atoms with van der Waals surface area (Å²) in [6, 6.07) is 9.64. The molecule has 2 heterocycles. The molecule has 0 aromatic carbocycles. The Hall–Kier alpha value is -2.63. The predicted octanol–water partition coefficient (Wildman–Crippen LogP) is 3.99. The Balaban J connectivity index is 1.36. The van der Waals surface area contributed by atoms with E-state index in [1.807, 2.05) is 35.2 Å². The molecule has 0 aliphatic heterocycles. The third kappa shape index (κ3) is 4.31. The van der Waals surface area contributed by atoms with Crippen LogP contribution in [-0.2, 0) is 6.54 Å². The van der Waals surface area contributed by atoms with E-state index in [9.17, 15) is 4.79 Å². The van der Waals surface area contributed by atoms with Crippen LogP contribution in [0.5, 0.6) is 5.88 Å². The molecule has 1 N–H and O–H groups in total.